The summed E-state index contributed by atoms with van der Waals surface area (Å²) in [6, 6.07) is 0. The predicted molar refractivity (Wildman–Crippen MR) is 201 cm³/mol. The highest BCUT2D eigenvalue weighted by Gasteiger charge is 2.13. The molecule has 0 bridgehead atoms. The summed E-state index contributed by atoms with van der Waals surface area (Å²) in [4.78, 5) is 30.1. The van der Waals surface area contributed by atoms with Crippen LogP contribution in [0.2, 0.25) is 0 Å². The van der Waals surface area contributed by atoms with Crippen LogP contribution in [0.25, 0.3) is 0 Å². The van der Waals surface area contributed by atoms with Gasteiger partial charge >= 0.3 is 5.97 Å². The molecule has 0 aromatic heterocycles. The number of nitrogens with zero attached hydrogens (tertiary/aromatic N) is 2. The third-order valence-electron chi connectivity index (χ3n) is 9.24. The van der Waals surface area contributed by atoms with Gasteiger partial charge in [-0.05, 0) is 70.5 Å². The minimum absolute atomic E-state index is 0.0172. The quantitative estimate of drug-likeness (QED) is 0.0159. The molecule has 2 N–H and O–H groups in total. The molecule has 0 rings (SSSR count). The van der Waals surface area contributed by atoms with E-state index in [1.165, 1.54) is 83.5 Å². The molecule has 0 fully saturated rings. The second-order valence-corrected chi connectivity index (χ2v) is 13.6. The molecule has 0 amide bonds. The average molecular weight is 667 g/mol. The van der Waals surface area contributed by atoms with Gasteiger partial charge in [-0.1, -0.05) is 130 Å². The van der Waals surface area contributed by atoms with Crippen molar-refractivity contribution in [3.05, 3.63) is 0 Å². The highest BCUT2D eigenvalue weighted by molar-refractivity contribution is 7.78. The van der Waals surface area contributed by atoms with E-state index in [0.29, 0.717) is 43.5 Å². The van der Waals surface area contributed by atoms with Gasteiger partial charge < -0.3 is 24.6 Å². The molecule has 0 aliphatic rings. The van der Waals surface area contributed by atoms with Crippen molar-refractivity contribution in [1.29, 1.82) is 5.41 Å². The number of aliphatic imine (C=N–C) groups is 1. The van der Waals surface area contributed by atoms with Crippen LogP contribution in [-0.2, 0) is 14.3 Å². The van der Waals surface area contributed by atoms with Crippen LogP contribution < -0.4 is 4.72 Å². The van der Waals surface area contributed by atoms with Gasteiger partial charge in [0, 0.05) is 25.3 Å². The highest BCUT2D eigenvalue weighted by Crippen LogP contribution is 2.21. The maximum absolute atomic E-state index is 12.3. The van der Waals surface area contributed by atoms with Crippen molar-refractivity contribution in [2.45, 2.75) is 175 Å². The molecule has 0 saturated heterocycles. The molecule has 0 aromatic rings. The first-order chi connectivity index (χ1) is 22.4. The maximum atomic E-state index is 12.3. The highest BCUT2D eigenvalue weighted by atomic mass is 32.1. The van der Waals surface area contributed by atoms with E-state index in [9.17, 15) is 9.59 Å². The van der Waals surface area contributed by atoms with Crippen LogP contribution in [0, 0.1) is 17.2 Å². The van der Waals surface area contributed by atoms with Crippen LogP contribution in [0.15, 0.2) is 4.99 Å². The molecule has 1 unspecified atom stereocenters. The Morgan fingerprint density at radius 1 is 0.804 bits per heavy atom. The van der Waals surface area contributed by atoms with E-state index < -0.39 is 0 Å². The summed E-state index contributed by atoms with van der Waals surface area (Å²) in [5.74, 6) is 1.46. The van der Waals surface area contributed by atoms with Crippen molar-refractivity contribution in [3.8, 4) is 0 Å². The lowest BCUT2D eigenvalue weighted by Gasteiger charge is -2.22. The second-order valence-electron chi connectivity index (χ2n) is 13.4. The third-order valence-corrected chi connectivity index (χ3v) is 9.45. The Morgan fingerprint density at radius 2 is 1.37 bits per heavy atom. The molecular weight excluding hydrogens is 593 g/mol. The van der Waals surface area contributed by atoms with Crippen molar-refractivity contribution in [2.24, 2.45) is 16.8 Å². The fraction of sp³-hybridized carbons (Fsp3) is 0.895. The lowest BCUT2D eigenvalue weighted by molar-refractivity contribution is -0.144. The van der Waals surface area contributed by atoms with Gasteiger partial charge in [0.15, 0.2) is 5.84 Å². The van der Waals surface area contributed by atoms with Crippen molar-refractivity contribution in [1.82, 2.24) is 9.62 Å². The maximum Gasteiger partial charge on any atom is 0.305 e. The Kier molecular flexibility index (Phi) is 32.5. The van der Waals surface area contributed by atoms with Gasteiger partial charge in [0.1, 0.15) is 6.29 Å². The zero-order chi connectivity index (χ0) is 34.1. The van der Waals surface area contributed by atoms with Gasteiger partial charge in [0.2, 0.25) is 0 Å². The van der Waals surface area contributed by atoms with Crippen molar-refractivity contribution < 1.29 is 14.3 Å². The molecule has 0 saturated carbocycles. The molecule has 8 heteroatoms. The lowest BCUT2D eigenvalue weighted by Crippen LogP contribution is -2.30. The number of rotatable bonds is 34. The van der Waals surface area contributed by atoms with Crippen LogP contribution in [0.3, 0.4) is 0 Å². The Balaban J connectivity index is 4.38. The van der Waals surface area contributed by atoms with E-state index in [1.807, 2.05) is 0 Å². The molecule has 1 atom stereocenters. The number of unbranched alkanes of at least 4 members (excludes halogenated alkanes) is 13. The number of carbonyl (C=O) groups excluding carboxylic acids is 2. The minimum atomic E-state index is -0.0172. The molecule has 46 heavy (non-hydrogen) atoms. The van der Waals surface area contributed by atoms with Gasteiger partial charge in [0.05, 0.1) is 12.3 Å². The number of amidine groups is 1. The number of esters is 1. The molecular formula is C38H74N4O3S. The SMILES string of the molecule is CCCCCC(CCCCC)CCOC(=O)CCCCCCCN(CCCCCCCC=O)CCCN=C(NS)C(=N)C(C)CC. The monoisotopic (exact) mass is 667 g/mol. The average Bonchev–Trinajstić information content (AvgIpc) is 3.06. The topological polar surface area (TPSA) is 94.8 Å². The lowest BCUT2D eigenvalue weighted by atomic mass is 9.92. The van der Waals surface area contributed by atoms with Crippen LogP contribution in [0.4, 0.5) is 0 Å². The van der Waals surface area contributed by atoms with Crippen molar-refractivity contribution in [2.75, 3.05) is 32.8 Å². The minimum Gasteiger partial charge on any atom is -0.466 e. The second kappa shape index (κ2) is 33.5. The number of ether oxygens (including phenoxy) is 1. The largest absolute Gasteiger partial charge is 0.466 e. The van der Waals surface area contributed by atoms with E-state index in [-0.39, 0.29) is 11.9 Å². The Labute approximate surface area is 290 Å². The van der Waals surface area contributed by atoms with E-state index >= 15 is 0 Å². The number of hydrogen-bond donors (Lipinski definition) is 3. The van der Waals surface area contributed by atoms with Gasteiger partial charge in [0.25, 0.3) is 0 Å². The molecule has 0 heterocycles. The summed E-state index contributed by atoms with van der Waals surface area (Å²) in [6.07, 6.45) is 26.7. The van der Waals surface area contributed by atoms with E-state index in [0.717, 1.165) is 77.3 Å². The zero-order valence-corrected chi connectivity index (χ0v) is 31.5. The summed E-state index contributed by atoms with van der Waals surface area (Å²) in [5.41, 5.74) is 0.529. The van der Waals surface area contributed by atoms with E-state index in [2.05, 4.69) is 55.1 Å². The number of carbonyl (C=O) groups is 2. The summed E-state index contributed by atoms with van der Waals surface area (Å²) < 4.78 is 8.45. The van der Waals surface area contributed by atoms with Crippen LogP contribution in [-0.4, -0.2) is 61.5 Å². The smallest absolute Gasteiger partial charge is 0.305 e. The van der Waals surface area contributed by atoms with Gasteiger partial charge in [-0.2, -0.15) is 0 Å². The standard InChI is InChI=1S/C38H74N4O3S/c1-5-8-17-24-35(25-18-9-6-2)27-33-45-36(44)26-19-13-12-15-21-30-42(29-20-14-10-11-16-22-32-43)31-23-28-40-38(41-46)37(39)34(4)7-3/h32,34-35,39,46H,5-31,33H2,1-4H3,(H,40,41). The number of hydrogen-bond acceptors (Lipinski definition) is 7. The summed E-state index contributed by atoms with van der Waals surface area (Å²) >= 11 is 4.18. The van der Waals surface area contributed by atoms with Gasteiger partial charge in [-0.15, -0.1) is 0 Å². The van der Waals surface area contributed by atoms with E-state index in [1.54, 1.807) is 0 Å². The summed E-state index contributed by atoms with van der Waals surface area (Å²) in [6.45, 7) is 13.1. The van der Waals surface area contributed by atoms with Crippen LogP contribution in [0.1, 0.15) is 175 Å². The molecule has 270 valence electrons. The normalized spacial score (nSPS) is 12.5. The molecule has 0 radical (unpaired) electrons. The first-order valence-electron chi connectivity index (χ1n) is 19.3. The molecule has 0 spiro atoms. The fourth-order valence-electron chi connectivity index (χ4n) is 5.88. The summed E-state index contributed by atoms with van der Waals surface area (Å²) in [5, 5.41) is 8.33. The number of nitrogens with one attached hydrogen (secondary N) is 2. The van der Waals surface area contributed by atoms with Gasteiger partial charge in [-0.3, -0.25) is 9.79 Å². The Hall–Kier alpha value is -1.41. The van der Waals surface area contributed by atoms with Crippen LogP contribution in [0.5, 0.6) is 0 Å². The Morgan fingerprint density at radius 3 is 1.93 bits per heavy atom. The first kappa shape index (κ1) is 44.6. The van der Waals surface area contributed by atoms with Crippen LogP contribution >= 0.6 is 12.8 Å². The third kappa shape index (κ3) is 26.6. The zero-order valence-electron chi connectivity index (χ0n) is 30.6. The molecule has 0 aromatic carbocycles. The Bertz CT molecular complexity index is 754. The molecule has 0 aliphatic heterocycles. The van der Waals surface area contributed by atoms with Crippen molar-refractivity contribution in [3.63, 3.8) is 0 Å². The predicted octanol–water partition coefficient (Wildman–Crippen LogP) is 10.2. The molecule has 7 nitrogen and oxygen atoms in total. The van der Waals surface area contributed by atoms with Crippen molar-refractivity contribution >= 4 is 36.6 Å². The van der Waals surface area contributed by atoms with Gasteiger partial charge in [-0.25, -0.2) is 0 Å². The number of thiol groups is 1. The van der Waals surface area contributed by atoms with E-state index in [4.69, 9.17) is 10.1 Å². The molecule has 0 aliphatic carbocycles. The fourth-order valence-corrected chi connectivity index (χ4v) is 6.07. The first-order valence-corrected chi connectivity index (χ1v) is 19.7. The number of aldehydes is 1. The summed E-state index contributed by atoms with van der Waals surface area (Å²) in [7, 11) is 0.